The summed E-state index contributed by atoms with van der Waals surface area (Å²) in [5.41, 5.74) is 1.06. The van der Waals surface area contributed by atoms with E-state index in [1.165, 1.54) is 0 Å². The van der Waals surface area contributed by atoms with E-state index in [1.54, 1.807) is 0 Å². The molecule has 3 atom stereocenters. The summed E-state index contributed by atoms with van der Waals surface area (Å²) in [5, 5.41) is 3.38. The second-order valence-electron chi connectivity index (χ2n) is 5.19. The minimum absolute atomic E-state index is 0.122. The second kappa shape index (κ2) is 5.53. The molecule has 0 bridgehead atoms. The molecule has 3 unspecified atom stereocenters. The van der Waals surface area contributed by atoms with Crippen molar-refractivity contribution >= 4 is 5.91 Å². The van der Waals surface area contributed by atoms with Gasteiger partial charge in [-0.1, -0.05) is 50.6 Å². The van der Waals surface area contributed by atoms with Crippen LogP contribution >= 0.6 is 0 Å². The SMILES string of the molecule is CCC(C)CN1C(=O)C(c2ccccc2)NC1C. The summed E-state index contributed by atoms with van der Waals surface area (Å²) < 4.78 is 0. The van der Waals surface area contributed by atoms with Crippen LogP contribution in [0.5, 0.6) is 0 Å². The van der Waals surface area contributed by atoms with Gasteiger partial charge in [0.25, 0.3) is 0 Å². The van der Waals surface area contributed by atoms with Gasteiger partial charge < -0.3 is 4.90 Å². The Morgan fingerprint density at radius 2 is 2.00 bits per heavy atom. The van der Waals surface area contributed by atoms with Crippen molar-refractivity contribution in [2.24, 2.45) is 5.92 Å². The Balaban J connectivity index is 2.12. The Labute approximate surface area is 109 Å². The van der Waals surface area contributed by atoms with Gasteiger partial charge in [-0.2, -0.15) is 0 Å². The first kappa shape index (κ1) is 13.1. The van der Waals surface area contributed by atoms with Crippen molar-refractivity contribution in [3.63, 3.8) is 0 Å². The molecule has 18 heavy (non-hydrogen) atoms. The van der Waals surface area contributed by atoms with Crippen LogP contribution in [0.2, 0.25) is 0 Å². The monoisotopic (exact) mass is 246 g/mol. The summed E-state index contributed by atoms with van der Waals surface area (Å²) in [7, 11) is 0. The molecule has 0 aliphatic carbocycles. The van der Waals surface area contributed by atoms with Gasteiger partial charge in [0.05, 0.1) is 6.17 Å². The molecule has 0 saturated carbocycles. The van der Waals surface area contributed by atoms with E-state index in [0.29, 0.717) is 5.92 Å². The number of hydrogen-bond acceptors (Lipinski definition) is 2. The number of carbonyl (C=O) groups excluding carboxylic acids is 1. The topological polar surface area (TPSA) is 32.3 Å². The molecule has 3 nitrogen and oxygen atoms in total. The molecule has 2 rings (SSSR count). The van der Waals surface area contributed by atoms with E-state index in [1.807, 2.05) is 35.2 Å². The fraction of sp³-hybridized carbons (Fsp3) is 0.533. The van der Waals surface area contributed by atoms with E-state index in [-0.39, 0.29) is 18.1 Å². The third-order valence-corrected chi connectivity index (χ3v) is 3.74. The first-order valence-electron chi connectivity index (χ1n) is 6.75. The summed E-state index contributed by atoms with van der Waals surface area (Å²) in [5.74, 6) is 0.752. The highest BCUT2D eigenvalue weighted by molar-refractivity contribution is 5.85. The van der Waals surface area contributed by atoms with Crippen LogP contribution in [0.4, 0.5) is 0 Å². The van der Waals surface area contributed by atoms with Crippen molar-refractivity contribution < 1.29 is 4.79 Å². The molecular weight excluding hydrogens is 224 g/mol. The largest absolute Gasteiger partial charge is 0.326 e. The maximum atomic E-state index is 12.4. The number of benzene rings is 1. The lowest BCUT2D eigenvalue weighted by Gasteiger charge is -2.23. The van der Waals surface area contributed by atoms with Crippen LogP contribution in [0, 0.1) is 5.92 Å². The number of carbonyl (C=O) groups is 1. The van der Waals surface area contributed by atoms with Gasteiger partial charge in [0.15, 0.2) is 0 Å². The maximum absolute atomic E-state index is 12.4. The number of hydrogen-bond donors (Lipinski definition) is 1. The molecule has 0 aromatic heterocycles. The van der Waals surface area contributed by atoms with Gasteiger partial charge in [0, 0.05) is 6.54 Å². The van der Waals surface area contributed by atoms with Crippen molar-refractivity contribution in [1.82, 2.24) is 10.2 Å². The van der Waals surface area contributed by atoms with Crippen molar-refractivity contribution in [2.75, 3.05) is 6.54 Å². The van der Waals surface area contributed by atoms with Gasteiger partial charge in [0.2, 0.25) is 5.91 Å². The van der Waals surface area contributed by atoms with E-state index in [4.69, 9.17) is 0 Å². The van der Waals surface area contributed by atoms with Crippen LogP contribution in [-0.4, -0.2) is 23.5 Å². The molecule has 1 aromatic carbocycles. The lowest BCUT2D eigenvalue weighted by molar-refractivity contribution is -0.130. The van der Waals surface area contributed by atoms with Gasteiger partial charge >= 0.3 is 0 Å². The molecule has 1 heterocycles. The van der Waals surface area contributed by atoms with Crippen molar-refractivity contribution in [1.29, 1.82) is 0 Å². The molecular formula is C15H22N2O. The molecule has 98 valence electrons. The van der Waals surface area contributed by atoms with E-state index >= 15 is 0 Å². The Morgan fingerprint density at radius 1 is 1.33 bits per heavy atom. The quantitative estimate of drug-likeness (QED) is 0.885. The zero-order valence-electron chi connectivity index (χ0n) is 11.4. The van der Waals surface area contributed by atoms with Crippen LogP contribution in [0.3, 0.4) is 0 Å². The number of nitrogens with zero attached hydrogens (tertiary/aromatic N) is 1. The van der Waals surface area contributed by atoms with Crippen LogP contribution < -0.4 is 5.32 Å². The highest BCUT2D eigenvalue weighted by Crippen LogP contribution is 2.24. The summed E-state index contributed by atoms with van der Waals surface area (Å²) in [6.45, 7) is 7.25. The summed E-state index contributed by atoms with van der Waals surface area (Å²) in [4.78, 5) is 14.4. The van der Waals surface area contributed by atoms with Crippen molar-refractivity contribution in [3.05, 3.63) is 35.9 Å². The Bertz CT molecular complexity index is 404. The number of nitrogens with one attached hydrogen (secondary N) is 1. The first-order chi connectivity index (χ1) is 8.63. The molecule has 0 radical (unpaired) electrons. The van der Waals surface area contributed by atoms with Crippen LogP contribution in [0.1, 0.15) is 38.8 Å². The molecule has 1 amide bonds. The zero-order chi connectivity index (χ0) is 13.1. The Morgan fingerprint density at radius 3 is 2.61 bits per heavy atom. The smallest absolute Gasteiger partial charge is 0.245 e. The van der Waals surface area contributed by atoms with Gasteiger partial charge in [-0.25, -0.2) is 0 Å². The summed E-state index contributed by atoms with van der Waals surface area (Å²) in [6.07, 6.45) is 1.23. The molecule has 1 aromatic rings. The number of amides is 1. The summed E-state index contributed by atoms with van der Waals surface area (Å²) in [6, 6.07) is 9.77. The van der Waals surface area contributed by atoms with Crippen molar-refractivity contribution in [3.8, 4) is 0 Å². The average Bonchev–Trinajstić information content (AvgIpc) is 2.67. The van der Waals surface area contributed by atoms with E-state index in [2.05, 4.69) is 26.1 Å². The number of rotatable bonds is 4. The van der Waals surface area contributed by atoms with Gasteiger partial charge in [-0.3, -0.25) is 10.1 Å². The minimum atomic E-state index is -0.176. The standard InChI is InChI=1S/C15H22N2O/c1-4-11(2)10-17-12(3)16-14(15(17)18)13-8-6-5-7-9-13/h5-9,11-12,14,16H,4,10H2,1-3H3. The molecule has 3 heteroatoms. The maximum Gasteiger partial charge on any atom is 0.245 e. The Hall–Kier alpha value is -1.35. The second-order valence-corrected chi connectivity index (χ2v) is 5.19. The molecule has 1 fully saturated rings. The zero-order valence-corrected chi connectivity index (χ0v) is 11.4. The van der Waals surface area contributed by atoms with E-state index in [9.17, 15) is 4.79 Å². The van der Waals surface area contributed by atoms with E-state index in [0.717, 1.165) is 18.5 Å². The highest BCUT2D eigenvalue weighted by Gasteiger charge is 2.37. The third kappa shape index (κ3) is 2.56. The fourth-order valence-electron chi connectivity index (χ4n) is 2.36. The first-order valence-corrected chi connectivity index (χ1v) is 6.75. The van der Waals surface area contributed by atoms with Gasteiger partial charge in [-0.05, 0) is 18.4 Å². The Kier molecular flexibility index (Phi) is 4.02. The molecule has 1 saturated heterocycles. The normalized spacial score (nSPS) is 25.5. The molecule has 1 N–H and O–H groups in total. The predicted molar refractivity (Wildman–Crippen MR) is 72.9 cm³/mol. The molecule has 0 spiro atoms. The minimum Gasteiger partial charge on any atom is -0.326 e. The fourth-order valence-corrected chi connectivity index (χ4v) is 2.36. The van der Waals surface area contributed by atoms with Crippen LogP contribution in [0.15, 0.2) is 30.3 Å². The van der Waals surface area contributed by atoms with E-state index < -0.39 is 0 Å². The summed E-state index contributed by atoms with van der Waals surface area (Å²) >= 11 is 0. The average molecular weight is 246 g/mol. The highest BCUT2D eigenvalue weighted by atomic mass is 16.2. The van der Waals surface area contributed by atoms with Crippen LogP contribution in [0.25, 0.3) is 0 Å². The van der Waals surface area contributed by atoms with Crippen molar-refractivity contribution in [2.45, 2.75) is 39.4 Å². The third-order valence-electron chi connectivity index (χ3n) is 3.74. The van der Waals surface area contributed by atoms with Crippen LogP contribution in [-0.2, 0) is 4.79 Å². The lowest BCUT2D eigenvalue weighted by atomic mass is 10.1. The molecule has 1 aliphatic heterocycles. The lowest BCUT2D eigenvalue weighted by Crippen LogP contribution is -2.37. The van der Waals surface area contributed by atoms with Gasteiger partial charge in [0.1, 0.15) is 6.04 Å². The van der Waals surface area contributed by atoms with Gasteiger partial charge in [-0.15, -0.1) is 0 Å². The molecule has 1 aliphatic rings. The predicted octanol–water partition coefficient (Wildman–Crippen LogP) is 2.55.